The quantitative estimate of drug-likeness (QED) is 0.230. The van der Waals surface area contributed by atoms with Crippen LogP contribution in [0.1, 0.15) is 45.4 Å². The van der Waals surface area contributed by atoms with E-state index in [4.69, 9.17) is 10.3 Å². The molecule has 6 atom stereocenters. The maximum Gasteiger partial charge on any atom is 0.302 e. The van der Waals surface area contributed by atoms with Crippen LogP contribution in [0.2, 0.25) is 0 Å². The van der Waals surface area contributed by atoms with E-state index in [-0.39, 0.29) is 30.0 Å². The highest BCUT2D eigenvalue weighted by Crippen LogP contribution is 2.43. The van der Waals surface area contributed by atoms with Crippen molar-refractivity contribution in [2.75, 3.05) is 0 Å². The van der Waals surface area contributed by atoms with Gasteiger partial charge in [-0.25, -0.2) is 0 Å². The molecule has 170 valence electrons. The number of rotatable bonds is 6. The first kappa shape index (κ1) is 24.0. The van der Waals surface area contributed by atoms with E-state index >= 15 is 0 Å². The van der Waals surface area contributed by atoms with E-state index in [1.165, 1.54) is 6.92 Å². The molecule has 1 fully saturated rings. The van der Waals surface area contributed by atoms with Crippen molar-refractivity contribution in [3.05, 3.63) is 70.4 Å². The number of nitrogens with zero attached hydrogens (tertiary/aromatic N) is 5. The van der Waals surface area contributed by atoms with Crippen LogP contribution in [0.5, 0.6) is 0 Å². The molecule has 0 spiro atoms. The number of carbonyl (C=O) groups is 1. The first-order valence-electron chi connectivity index (χ1n) is 11.2. The Morgan fingerprint density at radius 3 is 2.73 bits per heavy atom. The summed E-state index contributed by atoms with van der Waals surface area (Å²) in [5.74, 6) is 0.268. The molecule has 1 heterocycles. The number of pyridine rings is 1. The predicted octanol–water partition coefficient (Wildman–Crippen LogP) is 6.17. The summed E-state index contributed by atoms with van der Waals surface area (Å²) >= 11 is 0. The van der Waals surface area contributed by atoms with Gasteiger partial charge in [0.15, 0.2) is 0 Å². The van der Waals surface area contributed by atoms with Gasteiger partial charge in [-0.15, -0.1) is 0 Å². The van der Waals surface area contributed by atoms with E-state index in [1.807, 2.05) is 43.3 Å². The fourth-order valence-electron chi connectivity index (χ4n) is 4.90. The Kier molecular flexibility index (Phi) is 7.87. The SMILES string of the molecule is CC(=O)O[C@H](C)[C@H]1[C@@H](/C=C/c2ccc(-c3ccccc3C#N)cn2)[C@H](C)[C@@H](C)C[C@@H]1N=[N+]=[N-]. The molecule has 0 bridgehead atoms. The summed E-state index contributed by atoms with van der Waals surface area (Å²) in [4.78, 5) is 19.2. The van der Waals surface area contributed by atoms with Crippen LogP contribution in [0.15, 0.2) is 53.8 Å². The lowest BCUT2D eigenvalue weighted by Gasteiger charge is -2.44. The number of benzene rings is 1. The zero-order valence-corrected chi connectivity index (χ0v) is 19.4. The monoisotopic (exact) mass is 443 g/mol. The number of aromatic nitrogens is 1. The normalized spacial score (nSPS) is 25.6. The van der Waals surface area contributed by atoms with Gasteiger partial charge < -0.3 is 4.74 Å². The van der Waals surface area contributed by atoms with Crippen LogP contribution in [0.3, 0.4) is 0 Å². The van der Waals surface area contributed by atoms with Crippen LogP contribution in [-0.4, -0.2) is 23.1 Å². The van der Waals surface area contributed by atoms with Crippen molar-refractivity contribution < 1.29 is 9.53 Å². The van der Waals surface area contributed by atoms with Crippen molar-refractivity contribution in [1.82, 2.24) is 4.98 Å². The standard InChI is InChI=1S/C26H29N5O2/c1-16-13-25(30-31-28)26(18(3)33-19(4)32)23(17(16)2)12-11-22-10-9-21(15-29-22)24-8-6-5-7-20(24)14-27/h5-12,15-18,23,25-26H,13H2,1-4H3/b12-11+/t16-,17+,18+,23-,25-,26-/m0/s1. The second-order valence-corrected chi connectivity index (χ2v) is 8.80. The summed E-state index contributed by atoms with van der Waals surface area (Å²) in [6.45, 7) is 7.62. The van der Waals surface area contributed by atoms with Gasteiger partial charge in [0.05, 0.1) is 17.3 Å². The molecule has 0 aliphatic heterocycles. The molecule has 0 saturated heterocycles. The van der Waals surface area contributed by atoms with Crippen LogP contribution in [0.25, 0.3) is 27.6 Å². The third kappa shape index (κ3) is 5.60. The lowest BCUT2D eigenvalue weighted by Crippen LogP contribution is -2.45. The lowest BCUT2D eigenvalue weighted by molar-refractivity contribution is -0.150. The molecule has 7 heteroatoms. The van der Waals surface area contributed by atoms with Gasteiger partial charge in [-0.2, -0.15) is 5.26 Å². The second kappa shape index (κ2) is 10.8. The number of ether oxygens (including phenoxy) is 1. The molecule has 2 aromatic rings. The molecule has 1 aromatic carbocycles. The van der Waals surface area contributed by atoms with E-state index in [0.717, 1.165) is 23.2 Å². The topological polar surface area (TPSA) is 112 Å². The first-order chi connectivity index (χ1) is 15.8. The number of hydrogen-bond acceptors (Lipinski definition) is 5. The third-order valence-corrected chi connectivity index (χ3v) is 6.73. The summed E-state index contributed by atoms with van der Waals surface area (Å²) < 4.78 is 5.52. The Labute approximate surface area is 194 Å². The Morgan fingerprint density at radius 1 is 1.33 bits per heavy atom. The number of esters is 1. The predicted molar refractivity (Wildman–Crippen MR) is 128 cm³/mol. The Morgan fingerprint density at radius 2 is 2.09 bits per heavy atom. The highest BCUT2D eigenvalue weighted by Gasteiger charge is 2.43. The molecule has 3 rings (SSSR count). The Balaban J connectivity index is 1.89. The van der Waals surface area contributed by atoms with Crippen LogP contribution in [-0.2, 0) is 9.53 Å². The van der Waals surface area contributed by atoms with E-state index in [1.54, 1.807) is 12.3 Å². The van der Waals surface area contributed by atoms with Crippen molar-refractivity contribution in [2.45, 2.75) is 46.3 Å². The van der Waals surface area contributed by atoms with E-state index in [9.17, 15) is 10.1 Å². The molecule has 0 radical (unpaired) electrons. The van der Waals surface area contributed by atoms with Crippen molar-refractivity contribution in [3.8, 4) is 17.2 Å². The van der Waals surface area contributed by atoms with Crippen LogP contribution < -0.4 is 0 Å². The smallest absolute Gasteiger partial charge is 0.302 e. The first-order valence-corrected chi connectivity index (χ1v) is 11.2. The minimum atomic E-state index is -0.375. The number of nitriles is 1. The molecular formula is C26H29N5O2. The van der Waals surface area contributed by atoms with Gasteiger partial charge in [0, 0.05) is 41.1 Å². The Bertz CT molecular complexity index is 1100. The van der Waals surface area contributed by atoms with Crippen molar-refractivity contribution >= 4 is 12.0 Å². The van der Waals surface area contributed by atoms with Gasteiger partial charge in [-0.1, -0.05) is 49.3 Å². The summed E-state index contributed by atoms with van der Waals surface area (Å²) in [7, 11) is 0. The van der Waals surface area contributed by atoms with E-state index < -0.39 is 0 Å². The van der Waals surface area contributed by atoms with Crippen LogP contribution in [0, 0.1) is 35.0 Å². The van der Waals surface area contributed by atoms with Gasteiger partial charge >= 0.3 is 5.97 Å². The highest BCUT2D eigenvalue weighted by molar-refractivity contribution is 5.70. The van der Waals surface area contributed by atoms with E-state index in [0.29, 0.717) is 17.4 Å². The lowest BCUT2D eigenvalue weighted by atomic mass is 9.64. The number of allylic oxidation sites excluding steroid dienone is 1. The third-order valence-electron chi connectivity index (χ3n) is 6.73. The van der Waals surface area contributed by atoms with Crippen LogP contribution in [0.4, 0.5) is 0 Å². The minimum Gasteiger partial charge on any atom is -0.463 e. The zero-order valence-electron chi connectivity index (χ0n) is 19.4. The van der Waals surface area contributed by atoms with Crippen LogP contribution >= 0.6 is 0 Å². The molecule has 0 amide bonds. The molecule has 1 aliphatic carbocycles. The van der Waals surface area contributed by atoms with Gasteiger partial charge in [0.25, 0.3) is 0 Å². The summed E-state index contributed by atoms with van der Waals surface area (Å²) in [6.07, 6.45) is 6.23. The fourth-order valence-corrected chi connectivity index (χ4v) is 4.90. The highest BCUT2D eigenvalue weighted by atomic mass is 16.5. The van der Waals surface area contributed by atoms with Gasteiger partial charge in [-0.05, 0) is 54.8 Å². The molecule has 33 heavy (non-hydrogen) atoms. The molecule has 7 nitrogen and oxygen atoms in total. The van der Waals surface area contributed by atoms with E-state index in [2.05, 4.69) is 41.0 Å². The van der Waals surface area contributed by atoms with Crippen molar-refractivity contribution in [1.29, 1.82) is 5.26 Å². The fraction of sp³-hybridized carbons (Fsp3) is 0.423. The summed E-state index contributed by atoms with van der Waals surface area (Å²) in [5.41, 5.74) is 12.2. The molecular weight excluding hydrogens is 414 g/mol. The average Bonchev–Trinajstić information content (AvgIpc) is 2.80. The van der Waals surface area contributed by atoms with Gasteiger partial charge in [0.2, 0.25) is 0 Å². The maximum absolute atomic E-state index is 11.6. The second-order valence-electron chi connectivity index (χ2n) is 8.80. The van der Waals surface area contributed by atoms with Crippen molar-refractivity contribution in [3.63, 3.8) is 0 Å². The maximum atomic E-state index is 11.6. The molecule has 1 saturated carbocycles. The number of azide groups is 1. The number of hydrogen-bond donors (Lipinski definition) is 0. The largest absolute Gasteiger partial charge is 0.463 e. The van der Waals surface area contributed by atoms with Gasteiger partial charge in [-0.3, -0.25) is 9.78 Å². The molecule has 0 unspecified atom stereocenters. The average molecular weight is 444 g/mol. The zero-order chi connectivity index (χ0) is 24.0. The van der Waals surface area contributed by atoms with Gasteiger partial charge in [0.1, 0.15) is 6.10 Å². The minimum absolute atomic E-state index is 0.0550. The summed E-state index contributed by atoms with van der Waals surface area (Å²) in [6, 6.07) is 13.3. The summed E-state index contributed by atoms with van der Waals surface area (Å²) in [5, 5.41) is 13.4. The molecule has 0 N–H and O–H groups in total. The van der Waals surface area contributed by atoms with Crippen molar-refractivity contribution in [2.24, 2.45) is 28.8 Å². The molecule has 1 aromatic heterocycles. The molecule has 1 aliphatic rings. The number of carbonyl (C=O) groups excluding carboxylic acids is 1. The Hall–Kier alpha value is -3.62.